The average Bonchev–Trinajstić information content (AvgIpc) is 3.23. The second-order valence-corrected chi connectivity index (χ2v) is 7.09. The molecule has 0 unspecified atom stereocenters. The Morgan fingerprint density at radius 3 is 2.68 bits per heavy atom. The summed E-state index contributed by atoms with van der Waals surface area (Å²) in [7, 11) is 0. The Morgan fingerprint density at radius 1 is 1.00 bits per heavy atom. The number of hydrogen-bond acceptors (Lipinski definition) is 5. The Morgan fingerprint density at radius 2 is 1.84 bits per heavy atom. The van der Waals surface area contributed by atoms with Gasteiger partial charge in [0, 0.05) is 17.5 Å². The number of hydrogen-bond donors (Lipinski definition) is 1. The van der Waals surface area contributed by atoms with Gasteiger partial charge in [0.15, 0.2) is 5.65 Å². The molecule has 0 aliphatic heterocycles. The van der Waals surface area contributed by atoms with Crippen LogP contribution >= 0.6 is 0 Å². The lowest BCUT2D eigenvalue weighted by Crippen LogP contribution is -2.05. The standard InChI is InChI=1S/C24H20FN5O/c1-2-31-19-7-5-6-16(14-19)15-26-23-20-8-3-4-9-21(20)30-24(27-23)22(28-29-30)17-10-12-18(25)13-11-17/h3-14H,2,15H2,1H3,(H,26,27). The van der Waals surface area contributed by atoms with Crippen LogP contribution in [-0.2, 0) is 6.54 Å². The van der Waals surface area contributed by atoms with Gasteiger partial charge in [0.05, 0.1) is 12.1 Å². The molecule has 7 heteroatoms. The summed E-state index contributed by atoms with van der Waals surface area (Å²) in [6.07, 6.45) is 0. The van der Waals surface area contributed by atoms with Crippen LogP contribution in [-0.4, -0.2) is 26.4 Å². The van der Waals surface area contributed by atoms with Gasteiger partial charge < -0.3 is 10.1 Å². The number of nitrogens with one attached hydrogen (secondary N) is 1. The summed E-state index contributed by atoms with van der Waals surface area (Å²) in [5.41, 5.74) is 3.94. The number of ether oxygens (including phenoxy) is 1. The van der Waals surface area contributed by atoms with Crippen molar-refractivity contribution in [2.75, 3.05) is 11.9 Å². The highest BCUT2D eigenvalue weighted by Crippen LogP contribution is 2.28. The maximum absolute atomic E-state index is 13.4. The van der Waals surface area contributed by atoms with Crippen molar-refractivity contribution in [1.29, 1.82) is 0 Å². The molecule has 0 saturated carbocycles. The number of para-hydroxylation sites is 1. The van der Waals surface area contributed by atoms with Crippen LogP contribution in [0.2, 0.25) is 0 Å². The van der Waals surface area contributed by atoms with Crippen molar-refractivity contribution in [1.82, 2.24) is 19.8 Å². The van der Waals surface area contributed by atoms with Gasteiger partial charge in [0.1, 0.15) is 23.1 Å². The molecule has 0 aliphatic rings. The quantitative estimate of drug-likeness (QED) is 0.420. The summed E-state index contributed by atoms with van der Waals surface area (Å²) in [6, 6.07) is 22.1. The fourth-order valence-corrected chi connectivity index (χ4v) is 3.59. The van der Waals surface area contributed by atoms with Crippen molar-refractivity contribution in [3.63, 3.8) is 0 Å². The summed E-state index contributed by atoms with van der Waals surface area (Å²) in [6.45, 7) is 3.18. The lowest BCUT2D eigenvalue weighted by molar-refractivity contribution is 0.340. The highest BCUT2D eigenvalue weighted by atomic mass is 19.1. The first-order valence-corrected chi connectivity index (χ1v) is 10.1. The van der Waals surface area contributed by atoms with E-state index in [4.69, 9.17) is 9.72 Å². The van der Waals surface area contributed by atoms with Crippen LogP contribution in [0.4, 0.5) is 10.2 Å². The summed E-state index contributed by atoms with van der Waals surface area (Å²) >= 11 is 0. The van der Waals surface area contributed by atoms with E-state index in [1.54, 1.807) is 16.6 Å². The zero-order valence-corrected chi connectivity index (χ0v) is 16.9. The molecule has 0 bridgehead atoms. The lowest BCUT2D eigenvalue weighted by Gasteiger charge is -2.11. The fourth-order valence-electron chi connectivity index (χ4n) is 3.59. The van der Waals surface area contributed by atoms with Crippen LogP contribution < -0.4 is 10.1 Å². The molecule has 6 nitrogen and oxygen atoms in total. The summed E-state index contributed by atoms with van der Waals surface area (Å²) < 4.78 is 20.7. The van der Waals surface area contributed by atoms with Crippen molar-refractivity contribution < 1.29 is 9.13 Å². The van der Waals surface area contributed by atoms with E-state index in [0.717, 1.165) is 33.6 Å². The second-order valence-electron chi connectivity index (χ2n) is 7.09. The molecule has 2 heterocycles. The maximum atomic E-state index is 13.4. The van der Waals surface area contributed by atoms with Crippen molar-refractivity contribution in [3.05, 3.63) is 84.2 Å². The van der Waals surface area contributed by atoms with Crippen molar-refractivity contribution in [2.45, 2.75) is 13.5 Å². The summed E-state index contributed by atoms with van der Waals surface area (Å²) in [4.78, 5) is 4.84. The van der Waals surface area contributed by atoms with Crippen molar-refractivity contribution >= 4 is 22.4 Å². The SMILES string of the molecule is CCOc1cccc(CNc2nc3c(-c4ccc(F)cc4)nnn3c3ccccc23)c1. The van der Waals surface area contributed by atoms with E-state index in [2.05, 4.69) is 15.6 Å². The molecule has 5 rings (SSSR count). The minimum absolute atomic E-state index is 0.296. The molecule has 0 spiro atoms. The molecule has 154 valence electrons. The molecule has 2 aromatic heterocycles. The predicted octanol–water partition coefficient (Wildman–Crippen LogP) is 5.09. The van der Waals surface area contributed by atoms with Gasteiger partial charge in [-0.15, -0.1) is 5.10 Å². The first kappa shape index (κ1) is 19.0. The Balaban J connectivity index is 1.57. The Bertz CT molecular complexity index is 1360. The molecule has 0 fully saturated rings. The smallest absolute Gasteiger partial charge is 0.186 e. The molecule has 0 radical (unpaired) electrons. The third kappa shape index (κ3) is 3.66. The molecule has 31 heavy (non-hydrogen) atoms. The fraction of sp³-hybridized carbons (Fsp3) is 0.125. The zero-order chi connectivity index (χ0) is 21.2. The van der Waals surface area contributed by atoms with E-state index in [0.29, 0.717) is 24.5 Å². The van der Waals surface area contributed by atoms with Gasteiger partial charge in [-0.2, -0.15) is 4.52 Å². The third-order valence-corrected chi connectivity index (χ3v) is 5.04. The minimum atomic E-state index is -0.296. The van der Waals surface area contributed by atoms with E-state index in [1.165, 1.54) is 12.1 Å². The number of nitrogens with zero attached hydrogens (tertiary/aromatic N) is 4. The maximum Gasteiger partial charge on any atom is 0.186 e. The van der Waals surface area contributed by atoms with E-state index in [1.807, 2.05) is 55.5 Å². The molecule has 0 aliphatic carbocycles. The highest BCUT2D eigenvalue weighted by molar-refractivity contribution is 5.93. The van der Waals surface area contributed by atoms with Crippen LogP contribution in [0.1, 0.15) is 12.5 Å². The highest BCUT2D eigenvalue weighted by Gasteiger charge is 2.15. The van der Waals surface area contributed by atoms with E-state index < -0.39 is 0 Å². The minimum Gasteiger partial charge on any atom is -0.494 e. The van der Waals surface area contributed by atoms with Crippen LogP contribution in [0.3, 0.4) is 0 Å². The average molecular weight is 413 g/mol. The molecule has 0 amide bonds. The first-order chi connectivity index (χ1) is 15.2. The van der Waals surface area contributed by atoms with Crippen LogP contribution in [0.25, 0.3) is 27.8 Å². The van der Waals surface area contributed by atoms with Gasteiger partial charge in [-0.05, 0) is 61.0 Å². The summed E-state index contributed by atoms with van der Waals surface area (Å²) in [5, 5.41) is 13.0. The molecule has 5 aromatic rings. The largest absolute Gasteiger partial charge is 0.494 e. The molecular weight excluding hydrogens is 393 g/mol. The number of halogens is 1. The number of anilines is 1. The van der Waals surface area contributed by atoms with Gasteiger partial charge in [0.25, 0.3) is 0 Å². The third-order valence-electron chi connectivity index (χ3n) is 5.04. The predicted molar refractivity (Wildman–Crippen MR) is 119 cm³/mol. The number of rotatable bonds is 6. The van der Waals surface area contributed by atoms with Gasteiger partial charge in [-0.25, -0.2) is 9.37 Å². The molecule has 0 saturated heterocycles. The van der Waals surface area contributed by atoms with E-state index in [9.17, 15) is 4.39 Å². The first-order valence-electron chi connectivity index (χ1n) is 10.1. The van der Waals surface area contributed by atoms with Crippen LogP contribution in [0, 0.1) is 5.82 Å². The van der Waals surface area contributed by atoms with Crippen molar-refractivity contribution in [2.24, 2.45) is 0 Å². The Kier molecular flexibility index (Phi) is 4.92. The van der Waals surface area contributed by atoms with Crippen LogP contribution in [0.15, 0.2) is 72.8 Å². The zero-order valence-electron chi connectivity index (χ0n) is 16.9. The van der Waals surface area contributed by atoms with Crippen molar-refractivity contribution in [3.8, 4) is 17.0 Å². The van der Waals surface area contributed by atoms with Gasteiger partial charge in [-0.3, -0.25) is 0 Å². The van der Waals surface area contributed by atoms with E-state index in [-0.39, 0.29) is 5.82 Å². The number of fused-ring (bicyclic) bond motifs is 3. The Labute approximate surface area is 178 Å². The van der Waals surface area contributed by atoms with Gasteiger partial charge in [0.2, 0.25) is 0 Å². The topological polar surface area (TPSA) is 64.3 Å². The number of aromatic nitrogens is 4. The Hall–Kier alpha value is -4.00. The molecule has 3 aromatic carbocycles. The number of benzene rings is 3. The second kappa shape index (κ2) is 8.02. The van der Waals surface area contributed by atoms with E-state index >= 15 is 0 Å². The normalized spacial score (nSPS) is 11.2. The molecule has 0 atom stereocenters. The van der Waals surface area contributed by atoms with Gasteiger partial charge >= 0.3 is 0 Å². The van der Waals surface area contributed by atoms with Gasteiger partial charge in [-0.1, -0.05) is 29.5 Å². The lowest BCUT2D eigenvalue weighted by atomic mass is 10.1. The molecular formula is C24H20FN5O. The van der Waals surface area contributed by atoms with Crippen LogP contribution in [0.5, 0.6) is 5.75 Å². The monoisotopic (exact) mass is 413 g/mol. The summed E-state index contributed by atoms with van der Waals surface area (Å²) in [5.74, 6) is 1.28. The molecule has 1 N–H and O–H groups in total.